The van der Waals surface area contributed by atoms with Crippen molar-refractivity contribution in [2.45, 2.75) is 88.0 Å². The molecule has 0 spiro atoms. The minimum absolute atomic E-state index is 0.0165. The SMILES string of the molecule is CNC(CC(C)C)C(=O)N1CCC(N(C2CCCC2)S(=O)(=O)c2cccc(C(F)(F)F)c2)CC1. The smallest absolute Gasteiger partial charge is 0.341 e. The lowest BCUT2D eigenvalue weighted by Gasteiger charge is -2.41. The molecule has 1 heterocycles. The number of piperidine rings is 1. The van der Waals surface area contributed by atoms with Crippen molar-refractivity contribution in [3.63, 3.8) is 0 Å². The van der Waals surface area contributed by atoms with E-state index in [1.807, 2.05) is 0 Å². The first-order valence-corrected chi connectivity index (χ1v) is 13.6. The largest absolute Gasteiger partial charge is 0.416 e. The van der Waals surface area contributed by atoms with Gasteiger partial charge < -0.3 is 10.2 Å². The Labute approximate surface area is 200 Å². The normalized spacial score (nSPS) is 19.8. The van der Waals surface area contributed by atoms with Gasteiger partial charge in [-0.25, -0.2) is 8.42 Å². The quantitative estimate of drug-likeness (QED) is 0.576. The average Bonchev–Trinajstić information content (AvgIpc) is 3.31. The van der Waals surface area contributed by atoms with E-state index in [1.54, 1.807) is 11.9 Å². The highest BCUT2D eigenvalue weighted by molar-refractivity contribution is 7.89. The number of hydrogen-bond acceptors (Lipinski definition) is 4. The second-order valence-electron chi connectivity index (χ2n) is 9.83. The number of sulfonamides is 1. The Balaban J connectivity index is 1.81. The fourth-order valence-corrected chi connectivity index (χ4v) is 7.16. The van der Waals surface area contributed by atoms with Gasteiger partial charge in [0.05, 0.1) is 16.5 Å². The van der Waals surface area contributed by atoms with Crippen LogP contribution < -0.4 is 5.32 Å². The first kappa shape index (κ1) is 26.9. The zero-order chi connectivity index (χ0) is 25.1. The Hall–Kier alpha value is -1.65. The number of benzene rings is 1. The molecule has 1 saturated heterocycles. The molecule has 6 nitrogen and oxygen atoms in total. The molecule has 1 N–H and O–H groups in total. The molecule has 0 aromatic heterocycles. The van der Waals surface area contributed by atoms with Crippen LogP contribution >= 0.6 is 0 Å². The van der Waals surface area contributed by atoms with Gasteiger partial charge in [-0.05, 0) is 63.3 Å². The van der Waals surface area contributed by atoms with E-state index in [1.165, 1.54) is 10.4 Å². The van der Waals surface area contributed by atoms with Gasteiger partial charge >= 0.3 is 6.18 Å². The minimum Gasteiger partial charge on any atom is -0.341 e. The highest BCUT2D eigenvalue weighted by Gasteiger charge is 2.41. The second-order valence-corrected chi connectivity index (χ2v) is 11.7. The van der Waals surface area contributed by atoms with Crippen LogP contribution in [0.1, 0.15) is 64.4 Å². The van der Waals surface area contributed by atoms with Crippen molar-refractivity contribution in [3.05, 3.63) is 29.8 Å². The number of rotatable bonds is 8. The third kappa shape index (κ3) is 6.12. The molecule has 1 aromatic carbocycles. The van der Waals surface area contributed by atoms with Crippen molar-refractivity contribution in [1.29, 1.82) is 0 Å². The molecule has 0 bridgehead atoms. The van der Waals surface area contributed by atoms with Crippen LogP contribution in [0.3, 0.4) is 0 Å². The summed E-state index contributed by atoms with van der Waals surface area (Å²) in [4.78, 5) is 14.4. The molecule has 0 radical (unpaired) electrons. The van der Waals surface area contributed by atoms with Crippen LogP contribution in [0.15, 0.2) is 29.2 Å². The number of hydrogen-bond donors (Lipinski definition) is 1. The van der Waals surface area contributed by atoms with Crippen LogP contribution in [0.4, 0.5) is 13.2 Å². The maximum Gasteiger partial charge on any atom is 0.416 e. The standard InChI is InChI=1S/C24H36F3N3O3S/c1-17(2)15-22(28-3)23(31)29-13-11-20(12-14-29)30(19-8-4-5-9-19)34(32,33)21-10-6-7-18(16-21)24(25,26)27/h6-7,10,16-17,19-20,22,28H,4-5,8-9,11-15H2,1-3H3. The lowest BCUT2D eigenvalue weighted by molar-refractivity contribution is -0.137. The second kappa shape index (κ2) is 11.0. The molecule has 1 saturated carbocycles. The predicted octanol–water partition coefficient (Wildman–Crippen LogP) is 4.26. The summed E-state index contributed by atoms with van der Waals surface area (Å²) in [6, 6.07) is 3.17. The van der Waals surface area contributed by atoms with Gasteiger partial charge in [-0.3, -0.25) is 4.79 Å². The summed E-state index contributed by atoms with van der Waals surface area (Å²) in [7, 11) is -2.36. The van der Waals surface area contributed by atoms with Crippen LogP contribution in [0.25, 0.3) is 0 Å². The molecule has 34 heavy (non-hydrogen) atoms. The van der Waals surface area contributed by atoms with Crippen LogP contribution in [0.5, 0.6) is 0 Å². The molecule has 1 aliphatic heterocycles. The molecule has 1 amide bonds. The highest BCUT2D eigenvalue weighted by Crippen LogP contribution is 2.36. The third-order valence-corrected chi connectivity index (χ3v) is 8.91. The van der Waals surface area contributed by atoms with Crippen molar-refractivity contribution >= 4 is 15.9 Å². The average molecular weight is 504 g/mol. The molecule has 1 aromatic rings. The molecular formula is C24H36F3N3O3S. The van der Waals surface area contributed by atoms with E-state index in [0.717, 1.165) is 31.0 Å². The summed E-state index contributed by atoms with van der Waals surface area (Å²) in [5.41, 5.74) is -0.969. The summed E-state index contributed by atoms with van der Waals surface area (Å²) in [5, 5.41) is 3.08. The summed E-state index contributed by atoms with van der Waals surface area (Å²) in [5.74, 6) is 0.372. The van der Waals surface area contributed by atoms with E-state index in [4.69, 9.17) is 0 Å². The molecule has 2 aliphatic rings. The Morgan fingerprint density at radius 1 is 1.12 bits per heavy atom. The minimum atomic E-state index is -4.62. The zero-order valence-corrected chi connectivity index (χ0v) is 21.0. The maximum absolute atomic E-state index is 13.7. The first-order chi connectivity index (χ1) is 15.9. The molecule has 10 heteroatoms. The van der Waals surface area contributed by atoms with Gasteiger partial charge in [0.1, 0.15) is 0 Å². The lowest BCUT2D eigenvalue weighted by atomic mass is 9.99. The number of halogens is 3. The number of nitrogens with one attached hydrogen (secondary N) is 1. The van der Waals surface area contributed by atoms with Gasteiger partial charge in [-0.15, -0.1) is 0 Å². The zero-order valence-electron chi connectivity index (χ0n) is 20.1. The molecule has 1 aliphatic carbocycles. The molecule has 1 atom stereocenters. The van der Waals surface area contributed by atoms with Crippen LogP contribution in [-0.4, -0.2) is 61.8 Å². The van der Waals surface area contributed by atoms with Gasteiger partial charge in [0, 0.05) is 25.2 Å². The Kier molecular flexibility index (Phi) is 8.68. The summed E-state index contributed by atoms with van der Waals surface area (Å²) in [6.07, 6.45) is 0.242. The third-order valence-electron chi connectivity index (χ3n) is 6.91. The number of carbonyl (C=O) groups is 1. The predicted molar refractivity (Wildman–Crippen MR) is 125 cm³/mol. The van der Waals surface area contributed by atoms with Crippen molar-refractivity contribution in [1.82, 2.24) is 14.5 Å². The van der Waals surface area contributed by atoms with Gasteiger partial charge in [0.2, 0.25) is 15.9 Å². The topological polar surface area (TPSA) is 69.7 Å². The van der Waals surface area contributed by atoms with Gasteiger partial charge in [-0.2, -0.15) is 17.5 Å². The van der Waals surface area contributed by atoms with E-state index in [9.17, 15) is 26.4 Å². The first-order valence-electron chi connectivity index (χ1n) is 12.1. The molecule has 192 valence electrons. The van der Waals surface area contributed by atoms with Crippen molar-refractivity contribution in [2.24, 2.45) is 5.92 Å². The Morgan fingerprint density at radius 2 is 1.71 bits per heavy atom. The van der Waals surface area contributed by atoms with E-state index in [0.29, 0.717) is 51.1 Å². The van der Waals surface area contributed by atoms with Crippen LogP contribution in [0.2, 0.25) is 0 Å². The Bertz CT molecular complexity index is 938. The summed E-state index contributed by atoms with van der Waals surface area (Å²) >= 11 is 0. The molecular weight excluding hydrogens is 467 g/mol. The van der Waals surface area contributed by atoms with E-state index in [2.05, 4.69) is 19.2 Å². The van der Waals surface area contributed by atoms with Gasteiger partial charge in [0.25, 0.3) is 0 Å². The molecule has 1 unspecified atom stereocenters. The number of amides is 1. The fourth-order valence-electron chi connectivity index (χ4n) is 5.18. The van der Waals surface area contributed by atoms with Gasteiger partial charge in [-0.1, -0.05) is 32.8 Å². The molecule has 2 fully saturated rings. The number of likely N-dealkylation sites (N-methyl/N-ethyl adjacent to an activating group) is 1. The van der Waals surface area contributed by atoms with E-state index >= 15 is 0 Å². The van der Waals surface area contributed by atoms with Crippen LogP contribution in [0, 0.1) is 5.92 Å². The lowest BCUT2D eigenvalue weighted by Crippen LogP contribution is -2.54. The van der Waals surface area contributed by atoms with Crippen LogP contribution in [-0.2, 0) is 21.0 Å². The molecule has 3 rings (SSSR count). The highest BCUT2D eigenvalue weighted by atomic mass is 32.2. The van der Waals surface area contributed by atoms with Crippen molar-refractivity contribution in [2.75, 3.05) is 20.1 Å². The van der Waals surface area contributed by atoms with E-state index < -0.39 is 21.8 Å². The van der Waals surface area contributed by atoms with E-state index in [-0.39, 0.29) is 28.9 Å². The Morgan fingerprint density at radius 3 is 2.24 bits per heavy atom. The number of alkyl halides is 3. The fraction of sp³-hybridized carbons (Fsp3) is 0.708. The van der Waals surface area contributed by atoms with Gasteiger partial charge in [0.15, 0.2) is 0 Å². The number of likely N-dealkylation sites (tertiary alicyclic amines) is 1. The van der Waals surface area contributed by atoms with Crippen molar-refractivity contribution < 1.29 is 26.4 Å². The monoisotopic (exact) mass is 503 g/mol. The number of nitrogens with zero attached hydrogens (tertiary/aromatic N) is 2. The number of carbonyl (C=O) groups excluding carboxylic acids is 1. The van der Waals surface area contributed by atoms with Crippen molar-refractivity contribution in [3.8, 4) is 0 Å². The summed E-state index contributed by atoms with van der Waals surface area (Å²) < 4.78 is 68.5. The summed E-state index contributed by atoms with van der Waals surface area (Å²) in [6.45, 7) is 4.98. The maximum atomic E-state index is 13.7.